The second-order valence-corrected chi connectivity index (χ2v) is 5.79. The minimum absolute atomic E-state index is 0.254. The van der Waals surface area contributed by atoms with Crippen molar-refractivity contribution < 1.29 is 39.1 Å². The standard InChI is InChI=1S/C17H26O8/c1-5-7-11-13(23-6-2)9(3)14(25-15(11)17(21)22)16(12(20)8-18)24-10(4)19/h5,9,12-14,16,18,20H,1,6-8H2,2-4H3,(H,21,22)/t9-,12-,13-,14-,16-/m1/s1. The third kappa shape index (κ3) is 5.04. The quantitative estimate of drug-likeness (QED) is 0.405. The second kappa shape index (κ2) is 9.55. The molecule has 1 aliphatic rings. The molecule has 1 heterocycles. The van der Waals surface area contributed by atoms with Gasteiger partial charge in [-0.1, -0.05) is 13.0 Å². The fourth-order valence-corrected chi connectivity index (χ4v) is 2.95. The molecule has 0 saturated carbocycles. The van der Waals surface area contributed by atoms with Crippen molar-refractivity contribution in [3.05, 3.63) is 24.0 Å². The smallest absolute Gasteiger partial charge is 0.371 e. The van der Waals surface area contributed by atoms with E-state index in [2.05, 4.69) is 6.58 Å². The molecule has 0 fully saturated rings. The number of allylic oxidation sites excluding steroid dienone is 1. The lowest BCUT2D eigenvalue weighted by atomic mass is 9.83. The van der Waals surface area contributed by atoms with Gasteiger partial charge in [0.1, 0.15) is 12.2 Å². The van der Waals surface area contributed by atoms with Crippen LogP contribution in [0, 0.1) is 5.92 Å². The molecule has 1 rings (SSSR count). The summed E-state index contributed by atoms with van der Waals surface area (Å²) in [5.74, 6) is -2.73. The maximum absolute atomic E-state index is 11.6. The molecular weight excluding hydrogens is 332 g/mol. The highest BCUT2D eigenvalue weighted by Gasteiger charge is 2.46. The van der Waals surface area contributed by atoms with Gasteiger partial charge in [0.25, 0.3) is 0 Å². The summed E-state index contributed by atoms with van der Waals surface area (Å²) in [7, 11) is 0. The maximum Gasteiger partial charge on any atom is 0.371 e. The number of carboxylic acid groups (broad SMARTS) is 1. The van der Waals surface area contributed by atoms with Crippen molar-refractivity contribution in [3.8, 4) is 0 Å². The van der Waals surface area contributed by atoms with Gasteiger partial charge in [0.05, 0.1) is 12.7 Å². The molecule has 0 unspecified atom stereocenters. The third-order valence-corrected chi connectivity index (χ3v) is 3.98. The van der Waals surface area contributed by atoms with E-state index in [1.165, 1.54) is 0 Å². The molecule has 8 nitrogen and oxygen atoms in total. The molecule has 0 aromatic heterocycles. The molecule has 0 amide bonds. The summed E-state index contributed by atoms with van der Waals surface area (Å²) in [5, 5.41) is 28.8. The normalized spacial score (nSPS) is 25.7. The number of ether oxygens (including phenoxy) is 3. The molecule has 8 heteroatoms. The van der Waals surface area contributed by atoms with Crippen molar-refractivity contribution in [3.63, 3.8) is 0 Å². The Kier molecular flexibility index (Phi) is 8.08. The van der Waals surface area contributed by atoms with Crippen LogP contribution < -0.4 is 0 Å². The molecule has 0 aliphatic carbocycles. The van der Waals surface area contributed by atoms with Crippen LogP contribution in [0.3, 0.4) is 0 Å². The Labute approximate surface area is 146 Å². The van der Waals surface area contributed by atoms with Gasteiger partial charge in [-0.15, -0.1) is 6.58 Å². The van der Waals surface area contributed by atoms with Crippen LogP contribution >= 0.6 is 0 Å². The van der Waals surface area contributed by atoms with Gasteiger partial charge >= 0.3 is 11.9 Å². The minimum atomic E-state index is -1.42. The largest absolute Gasteiger partial charge is 0.479 e. The Morgan fingerprint density at radius 3 is 2.52 bits per heavy atom. The van der Waals surface area contributed by atoms with E-state index in [0.29, 0.717) is 12.2 Å². The van der Waals surface area contributed by atoms with E-state index >= 15 is 0 Å². The summed E-state index contributed by atoms with van der Waals surface area (Å²) < 4.78 is 16.4. The lowest BCUT2D eigenvalue weighted by molar-refractivity contribution is -0.180. The first-order valence-electron chi connectivity index (χ1n) is 8.10. The van der Waals surface area contributed by atoms with E-state index in [9.17, 15) is 24.9 Å². The number of hydrogen-bond donors (Lipinski definition) is 3. The van der Waals surface area contributed by atoms with Gasteiger partial charge in [-0.05, 0) is 13.3 Å². The Balaban J connectivity index is 3.35. The topological polar surface area (TPSA) is 123 Å². The average molecular weight is 358 g/mol. The van der Waals surface area contributed by atoms with Crippen molar-refractivity contribution in [1.29, 1.82) is 0 Å². The van der Waals surface area contributed by atoms with Crippen LogP contribution in [0.1, 0.15) is 27.2 Å². The molecule has 0 bridgehead atoms. The number of aliphatic hydroxyl groups excluding tert-OH is 2. The molecule has 0 radical (unpaired) electrons. The Morgan fingerprint density at radius 2 is 2.08 bits per heavy atom. The first kappa shape index (κ1) is 21.1. The number of carbonyl (C=O) groups excluding carboxylic acids is 1. The van der Waals surface area contributed by atoms with Gasteiger partial charge < -0.3 is 29.5 Å². The summed E-state index contributed by atoms with van der Waals surface area (Å²) in [6.45, 7) is 7.95. The van der Waals surface area contributed by atoms with Gasteiger partial charge in [-0.3, -0.25) is 4.79 Å². The van der Waals surface area contributed by atoms with Gasteiger partial charge in [-0.25, -0.2) is 4.79 Å². The molecule has 0 aromatic carbocycles. The van der Waals surface area contributed by atoms with Crippen LogP contribution in [0.15, 0.2) is 24.0 Å². The number of esters is 1. The third-order valence-electron chi connectivity index (χ3n) is 3.98. The van der Waals surface area contributed by atoms with Crippen molar-refractivity contribution in [2.75, 3.05) is 13.2 Å². The first-order valence-corrected chi connectivity index (χ1v) is 8.10. The fourth-order valence-electron chi connectivity index (χ4n) is 2.95. The van der Waals surface area contributed by atoms with Gasteiger partial charge in [0, 0.05) is 25.0 Å². The summed E-state index contributed by atoms with van der Waals surface area (Å²) in [4.78, 5) is 23.0. The zero-order valence-corrected chi connectivity index (χ0v) is 14.7. The highest BCUT2D eigenvalue weighted by molar-refractivity contribution is 5.85. The van der Waals surface area contributed by atoms with E-state index in [-0.39, 0.29) is 12.2 Å². The molecule has 5 atom stereocenters. The molecule has 0 aromatic rings. The average Bonchev–Trinajstić information content (AvgIpc) is 2.55. The number of aliphatic hydroxyl groups is 2. The van der Waals surface area contributed by atoms with Crippen molar-refractivity contribution in [2.24, 2.45) is 5.92 Å². The zero-order chi connectivity index (χ0) is 19.1. The molecule has 25 heavy (non-hydrogen) atoms. The molecule has 1 aliphatic heterocycles. The van der Waals surface area contributed by atoms with E-state index < -0.39 is 48.9 Å². The van der Waals surface area contributed by atoms with E-state index in [1.807, 2.05) is 0 Å². The fraction of sp³-hybridized carbons (Fsp3) is 0.647. The van der Waals surface area contributed by atoms with Crippen molar-refractivity contribution in [2.45, 2.75) is 51.6 Å². The Bertz CT molecular complexity index is 527. The SMILES string of the molecule is C=CCC1=C(C(=O)O)O[C@@H]([C@H](OC(C)=O)[C@H](O)CO)[C@H](C)[C@H]1OCC. The van der Waals surface area contributed by atoms with E-state index in [0.717, 1.165) is 6.92 Å². The first-order chi connectivity index (χ1) is 11.8. The predicted octanol–water partition coefficient (Wildman–Crippen LogP) is 0.626. The minimum Gasteiger partial charge on any atom is -0.479 e. The van der Waals surface area contributed by atoms with Gasteiger partial charge in [0.2, 0.25) is 5.76 Å². The van der Waals surface area contributed by atoms with Gasteiger partial charge in [-0.2, -0.15) is 0 Å². The summed E-state index contributed by atoms with van der Waals surface area (Å²) >= 11 is 0. The number of aliphatic carboxylic acids is 1. The highest BCUT2D eigenvalue weighted by atomic mass is 16.6. The lowest BCUT2D eigenvalue weighted by Crippen LogP contribution is -2.53. The highest BCUT2D eigenvalue weighted by Crippen LogP contribution is 2.36. The predicted molar refractivity (Wildman–Crippen MR) is 87.6 cm³/mol. The number of hydrogen-bond acceptors (Lipinski definition) is 7. The zero-order valence-electron chi connectivity index (χ0n) is 14.7. The Hall–Kier alpha value is -1.90. The van der Waals surface area contributed by atoms with E-state index in [1.54, 1.807) is 19.9 Å². The number of carbonyl (C=O) groups is 2. The second-order valence-electron chi connectivity index (χ2n) is 5.79. The maximum atomic E-state index is 11.6. The van der Waals surface area contributed by atoms with Gasteiger partial charge in [0.15, 0.2) is 6.10 Å². The molecule has 142 valence electrons. The molecule has 3 N–H and O–H groups in total. The van der Waals surface area contributed by atoms with Crippen molar-refractivity contribution in [1.82, 2.24) is 0 Å². The molecule has 0 saturated heterocycles. The number of carboxylic acids is 1. The van der Waals surface area contributed by atoms with Crippen LogP contribution in [-0.2, 0) is 23.8 Å². The van der Waals surface area contributed by atoms with Crippen LogP contribution in [0.5, 0.6) is 0 Å². The van der Waals surface area contributed by atoms with Crippen LogP contribution in [0.2, 0.25) is 0 Å². The Morgan fingerprint density at radius 1 is 1.44 bits per heavy atom. The number of rotatable bonds is 9. The van der Waals surface area contributed by atoms with E-state index in [4.69, 9.17) is 14.2 Å². The van der Waals surface area contributed by atoms with Crippen LogP contribution in [0.4, 0.5) is 0 Å². The van der Waals surface area contributed by atoms with Crippen molar-refractivity contribution >= 4 is 11.9 Å². The summed E-state index contributed by atoms with van der Waals surface area (Å²) in [6, 6.07) is 0. The van der Waals surface area contributed by atoms with Crippen LogP contribution in [-0.4, -0.2) is 64.9 Å². The summed E-state index contributed by atoms with van der Waals surface area (Å²) in [5.41, 5.74) is 0.424. The molecular formula is C17H26O8. The molecule has 0 spiro atoms. The monoisotopic (exact) mass is 358 g/mol. The summed E-state index contributed by atoms with van der Waals surface area (Å²) in [6.07, 6.45) is -2.47. The van der Waals surface area contributed by atoms with Crippen LogP contribution in [0.25, 0.3) is 0 Å². The lowest BCUT2D eigenvalue weighted by Gasteiger charge is -2.41.